The Hall–Kier alpha value is -0.620. The lowest BCUT2D eigenvalue weighted by molar-refractivity contribution is -0.00770. The first kappa shape index (κ1) is 13.8. The van der Waals surface area contributed by atoms with Crippen molar-refractivity contribution in [1.29, 1.82) is 0 Å². The number of ether oxygens (including phenoxy) is 1. The van der Waals surface area contributed by atoms with Crippen LogP contribution in [0.3, 0.4) is 0 Å². The molecule has 1 aromatic carbocycles. The minimum atomic E-state index is -3.49. The van der Waals surface area contributed by atoms with Gasteiger partial charge in [0, 0.05) is 11.6 Å². The summed E-state index contributed by atoms with van der Waals surface area (Å²) in [6.07, 6.45) is 0. The van der Waals surface area contributed by atoms with Gasteiger partial charge in [0.2, 0.25) is 10.0 Å². The summed E-state index contributed by atoms with van der Waals surface area (Å²) < 4.78 is 31.9. The zero-order valence-electron chi connectivity index (χ0n) is 10.4. The number of rotatable bonds is 2. The Labute approximate surface area is 113 Å². The lowest BCUT2D eigenvalue weighted by Gasteiger charge is -2.40. The number of sulfonamides is 1. The standard InChI is InChI=1S/C12H16ClNO3S/c1-12(2)9-17-8-7-14(12)18(15,16)11-5-3-10(13)4-6-11/h3-6H,7-9H2,1-2H3. The molecular weight excluding hydrogens is 274 g/mol. The first-order valence-electron chi connectivity index (χ1n) is 5.70. The van der Waals surface area contributed by atoms with Crippen LogP contribution in [0.1, 0.15) is 13.8 Å². The number of morpholine rings is 1. The van der Waals surface area contributed by atoms with E-state index in [1.54, 1.807) is 12.1 Å². The molecule has 0 radical (unpaired) electrons. The van der Waals surface area contributed by atoms with Crippen molar-refractivity contribution in [2.75, 3.05) is 19.8 Å². The Balaban J connectivity index is 2.38. The first-order valence-corrected chi connectivity index (χ1v) is 7.52. The van der Waals surface area contributed by atoms with Crippen LogP contribution in [0.2, 0.25) is 5.02 Å². The molecule has 1 aromatic rings. The van der Waals surface area contributed by atoms with Crippen molar-refractivity contribution >= 4 is 21.6 Å². The molecule has 0 unspecified atom stereocenters. The Kier molecular flexibility index (Phi) is 3.69. The Morgan fingerprint density at radius 3 is 2.44 bits per heavy atom. The molecule has 18 heavy (non-hydrogen) atoms. The second-order valence-corrected chi connectivity index (χ2v) is 7.19. The van der Waals surface area contributed by atoms with Crippen LogP contribution in [0.4, 0.5) is 0 Å². The average Bonchev–Trinajstić information content (AvgIpc) is 2.28. The number of halogens is 1. The molecule has 1 aliphatic rings. The quantitative estimate of drug-likeness (QED) is 0.838. The molecule has 2 rings (SSSR count). The third kappa shape index (κ3) is 2.54. The summed E-state index contributed by atoms with van der Waals surface area (Å²) >= 11 is 5.78. The van der Waals surface area contributed by atoms with Crippen LogP contribution in [-0.4, -0.2) is 38.0 Å². The number of hydrogen-bond acceptors (Lipinski definition) is 3. The third-order valence-electron chi connectivity index (χ3n) is 2.97. The molecule has 1 heterocycles. The number of hydrogen-bond donors (Lipinski definition) is 0. The van der Waals surface area contributed by atoms with E-state index in [0.717, 1.165) is 0 Å². The van der Waals surface area contributed by atoms with Gasteiger partial charge in [-0.05, 0) is 38.1 Å². The first-order chi connectivity index (χ1) is 8.34. The normalized spacial score (nSPS) is 20.8. The van der Waals surface area contributed by atoms with Crippen LogP contribution in [0.25, 0.3) is 0 Å². The third-order valence-corrected chi connectivity index (χ3v) is 5.35. The molecule has 0 bridgehead atoms. The molecule has 0 aliphatic carbocycles. The second kappa shape index (κ2) is 4.81. The summed E-state index contributed by atoms with van der Waals surface area (Å²) in [5, 5.41) is 0.523. The van der Waals surface area contributed by atoms with Gasteiger partial charge < -0.3 is 4.74 Å². The van der Waals surface area contributed by atoms with Crippen molar-refractivity contribution in [2.45, 2.75) is 24.3 Å². The lowest BCUT2D eigenvalue weighted by Crippen LogP contribution is -2.55. The van der Waals surface area contributed by atoms with E-state index in [2.05, 4.69) is 0 Å². The molecule has 6 heteroatoms. The van der Waals surface area contributed by atoms with Gasteiger partial charge in [0.25, 0.3) is 0 Å². The van der Waals surface area contributed by atoms with E-state index in [-0.39, 0.29) is 4.90 Å². The Morgan fingerprint density at radius 1 is 1.28 bits per heavy atom. The van der Waals surface area contributed by atoms with Crippen LogP contribution >= 0.6 is 11.6 Å². The highest BCUT2D eigenvalue weighted by molar-refractivity contribution is 7.89. The van der Waals surface area contributed by atoms with Gasteiger partial charge in [0.1, 0.15) is 0 Å². The van der Waals surface area contributed by atoms with Gasteiger partial charge in [-0.15, -0.1) is 0 Å². The monoisotopic (exact) mass is 289 g/mol. The zero-order valence-corrected chi connectivity index (χ0v) is 12.0. The highest BCUT2D eigenvalue weighted by Crippen LogP contribution is 2.27. The summed E-state index contributed by atoms with van der Waals surface area (Å²) in [6, 6.07) is 6.23. The predicted octanol–water partition coefficient (Wildman–Crippen LogP) is 2.14. The minimum absolute atomic E-state index is 0.266. The van der Waals surface area contributed by atoms with Crippen molar-refractivity contribution in [1.82, 2.24) is 4.31 Å². The summed E-state index contributed by atoms with van der Waals surface area (Å²) in [5.41, 5.74) is -0.531. The van der Waals surface area contributed by atoms with Crippen molar-refractivity contribution in [3.8, 4) is 0 Å². The van der Waals surface area contributed by atoms with E-state index in [0.29, 0.717) is 24.8 Å². The molecule has 0 N–H and O–H groups in total. The average molecular weight is 290 g/mol. The van der Waals surface area contributed by atoms with Gasteiger partial charge in [0.05, 0.1) is 23.6 Å². The highest BCUT2D eigenvalue weighted by atomic mass is 35.5. The highest BCUT2D eigenvalue weighted by Gasteiger charge is 2.39. The lowest BCUT2D eigenvalue weighted by atomic mass is 10.1. The van der Waals surface area contributed by atoms with E-state index in [4.69, 9.17) is 16.3 Å². The summed E-state index contributed by atoms with van der Waals surface area (Å²) in [5.74, 6) is 0. The molecule has 1 fully saturated rings. The van der Waals surface area contributed by atoms with Crippen LogP contribution in [0.15, 0.2) is 29.2 Å². The van der Waals surface area contributed by atoms with E-state index in [1.807, 2.05) is 13.8 Å². The van der Waals surface area contributed by atoms with Crippen LogP contribution in [0.5, 0.6) is 0 Å². The molecule has 0 atom stereocenters. The van der Waals surface area contributed by atoms with Gasteiger partial charge in [-0.1, -0.05) is 11.6 Å². The largest absolute Gasteiger partial charge is 0.378 e. The molecule has 0 saturated carbocycles. The van der Waals surface area contributed by atoms with Gasteiger partial charge in [-0.25, -0.2) is 8.42 Å². The minimum Gasteiger partial charge on any atom is -0.378 e. The van der Waals surface area contributed by atoms with Crippen molar-refractivity contribution in [3.63, 3.8) is 0 Å². The maximum Gasteiger partial charge on any atom is 0.243 e. The summed E-state index contributed by atoms with van der Waals surface area (Å²) in [4.78, 5) is 0.266. The molecule has 4 nitrogen and oxygen atoms in total. The van der Waals surface area contributed by atoms with Crippen molar-refractivity contribution < 1.29 is 13.2 Å². The van der Waals surface area contributed by atoms with Crippen LogP contribution in [-0.2, 0) is 14.8 Å². The van der Waals surface area contributed by atoms with Crippen molar-refractivity contribution in [2.24, 2.45) is 0 Å². The van der Waals surface area contributed by atoms with Gasteiger partial charge in [-0.2, -0.15) is 4.31 Å². The molecule has 1 aliphatic heterocycles. The SMILES string of the molecule is CC1(C)COCCN1S(=O)(=O)c1ccc(Cl)cc1. The fourth-order valence-electron chi connectivity index (χ4n) is 2.02. The fourth-order valence-corrected chi connectivity index (χ4v) is 3.90. The van der Waals surface area contributed by atoms with E-state index < -0.39 is 15.6 Å². The van der Waals surface area contributed by atoms with E-state index >= 15 is 0 Å². The predicted molar refractivity (Wildman–Crippen MR) is 70.2 cm³/mol. The van der Waals surface area contributed by atoms with Gasteiger partial charge >= 0.3 is 0 Å². The summed E-state index contributed by atoms with van der Waals surface area (Å²) in [7, 11) is -3.49. The maximum absolute atomic E-state index is 12.5. The Morgan fingerprint density at radius 2 is 1.89 bits per heavy atom. The maximum atomic E-state index is 12.5. The molecule has 0 amide bonds. The molecule has 0 aromatic heterocycles. The summed E-state index contributed by atoms with van der Waals surface area (Å²) in [6.45, 7) is 4.92. The number of benzene rings is 1. The topological polar surface area (TPSA) is 46.6 Å². The molecular formula is C12H16ClNO3S. The second-order valence-electron chi connectivity index (χ2n) is 4.90. The molecule has 0 spiro atoms. The van der Waals surface area contributed by atoms with Crippen molar-refractivity contribution in [3.05, 3.63) is 29.3 Å². The van der Waals surface area contributed by atoms with E-state index in [1.165, 1.54) is 16.4 Å². The van der Waals surface area contributed by atoms with Gasteiger partial charge in [0.15, 0.2) is 0 Å². The van der Waals surface area contributed by atoms with E-state index in [9.17, 15) is 8.42 Å². The smallest absolute Gasteiger partial charge is 0.243 e. The molecule has 1 saturated heterocycles. The fraction of sp³-hybridized carbons (Fsp3) is 0.500. The van der Waals surface area contributed by atoms with Gasteiger partial charge in [-0.3, -0.25) is 0 Å². The Bertz CT molecular complexity index is 525. The van der Waals surface area contributed by atoms with Crippen LogP contribution in [0, 0.1) is 0 Å². The van der Waals surface area contributed by atoms with Crippen LogP contribution < -0.4 is 0 Å². The molecule has 100 valence electrons. The number of nitrogens with zero attached hydrogens (tertiary/aromatic N) is 1. The zero-order chi connectivity index (χ0) is 13.4.